The predicted octanol–water partition coefficient (Wildman–Crippen LogP) is 3.37. The molecule has 7 heteroatoms. The molecule has 0 spiro atoms. The van der Waals surface area contributed by atoms with Crippen LogP contribution in [-0.2, 0) is 13.5 Å². The van der Waals surface area contributed by atoms with Gasteiger partial charge in [-0.1, -0.05) is 12.1 Å². The van der Waals surface area contributed by atoms with E-state index in [1.165, 1.54) is 12.1 Å². The average molecular weight is 361 g/mol. The molecule has 2 aromatic rings. The minimum Gasteiger partial charge on any atom is -0.435 e. The largest absolute Gasteiger partial charge is 0.435 e. The van der Waals surface area contributed by atoms with Crippen molar-refractivity contribution in [3.8, 4) is 5.75 Å². The van der Waals surface area contributed by atoms with Crippen LogP contribution in [0.25, 0.3) is 0 Å². The maximum absolute atomic E-state index is 12.1. The van der Waals surface area contributed by atoms with Crippen LogP contribution in [-0.4, -0.2) is 21.5 Å². The van der Waals surface area contributed by atoms with E-state index < -0.39 is 12.7 Å². The fourth-order valence-corrected chi connectivity index (χ4v) is 2.57. The number of aromatic nitrogens is 2. The van der Waals surface area contributed by atoms with Gasteiger partial charge in [-0.15, -0.1) is 0 Å². The van der Waals surface area contributed by atoms with Crippen LogP contribution in [0.5, 0.6) is 5.75 Å². The van der Waals surface area contributed by atoms with E-state index in [2.05, 4.69) is 25.8 Å². The lowest BCUT2D eigenvalue weighted by molar-refractivity contribution is -0.0498. The van der Waals surface area contributed by atoms with Crippen molar-refractivity contribution in [2.75, 3.05) is 0 Å². The van der Waals surface area contributed by atoms with E-state index in [1.807, 2.05) is 6.92 Å². The summed E-state index contributed by atoms with van der Waals surface area (Å²) in [5.41, 5.74) is 2.34. The molecule has 0 bridgehead atoms. The molecule has 0 radical (unpaired) electrons. The lowest BCUT2D eigenvalue weighted by Crippen LogP contribution is -2.07. The monoisotopic (exact) mass is 360 g/mol. The van der Waals surface area contributed by atoms with Crippen molar-refractivity contribution >= 4 is 15.9 Å². The van der Waals surface area contributed by atoms with Crippen LogP contribution >= 0.6 is 15.9 Å². The van der Waals surface area contributed by atoms with Crippen LogP contribution in [0.15, 0.2) is 28.7 Å². The second kappa shape index (κ2) is 6.53. The highest BCUT2D eigenvalue weighted by Gasteiger charge is 2.16. The van der Waals surface area contributed by atoms with E-state index >= 15 is 0 Å². The van der Waals surface area contributed by atoms with Crippen molar-refractivity contribution in [3.63, 3.8) is 0 Å². The molecule has 0 saturated heterocycles. The van der Waals surface area contributed by atoms with Crippen LogP contribution in [0.2, 0.25) is 0 Å². The third kappa shape index (κ3) is 3.79. The molecule has 0 aliphatic heterocycles. The molecule has 1 aromatic carbocycles. The number of hydrogen-bond donors (Lipinski definition) is 1. The zero-order valence-corrected chi connectivity index (χ0v) is 13.1. The van der Waals surface area contributed by atoms with Crippen LogP contribution < -0.4 is 4.74 Å². The zero-order chi connectivity index (χ0) is 15.6. The summed E-state index contributed by atoms with van der Waals surface area (Å²) in [5.74, 6) is 0.0681. The lowest BCUT2D eigenvalue weighted by atomic mass is 10.0. The Labute approximate surface area is 129 Å². The topological polar surface area (TPSA) is 47.3 Å². The molecule has 0 saturated carbocycles. The number of nitrogens with zero attached hydrogens (tertiary/aromatic N) is 2. The van der Waals surface area contributed by atoms with Gasteiger partial charge in [-0.05, 0) is 40.5 Å². The number of aliphatic hydroxyl groups is 1. The van der Waals surface area contributed by atoms with E-state index in [1.54, 1.807) is 23.9 Å². The number of ether oxygens (including phenoxy) is 1. The van der Waals surface area contributed by atoms with Crippen molar-refractivity contribution in [1.82, 2.24) is 9.78 Å². The molecule has 0 aliphatic carbocycles. The second-order valence-corrected chi connectivity index (χ2v) is 5.43. The summed E-state index contributed by atoms with van der Waals surface area (Å²) in [6.45, 7) is -0.981. The van der Waals surface area contributed by atoms with E-state index in [4.69, 9.17) is 0 Å². The molecule has 0 aliphatic rings. The van der Waals surface area contributed by atoms with Crippen molar-refractivity contribution in [1.29, 1.82) is 0 Å². The first-order valence-corrected chi connectivity index (χ1v) is 7.08. The minimum atomic E-state index is -2.85. The average Bonchev–Trinajstić information content (AvgIpc) is 2.65. The lowest BCUT2D eigenvalue weighted by Gasteiger charge is -2.12. The Balaban J connectivity index is 2.11. The molecule has 1 N–H and O–H groups in total. The van der Waals surface area contributed by atoms with Gasteiger partial charge < -0.3 is 9.84 Å². The molecule has 0 amide bonds. The summed E-state index contributed by atoms with van der Waals surface area (Å²) in [6.07, 6.45) is -0.385. The van der Waals surface area contributed by atoms with Crippen molar-refractivity contribution < 1.29 is 18.6 Å². The third-order valence-corrected chi connectivity index (χ3v) is 4.17. The van der Waals surface area contributed by atoms with E-state index in [9.17, 15) is 13.9 Å². The molecule has 0 fully saturated rings. The fraction of sp³-hybridized carbons (Fsp3) is 0.357. The first-order chi connectivity index (χ1) is 9.88. The van der Waals surface area contributed by atoms with Gasteiger partial charge in [0, 0.05) is 13.5 Å². The van der Waals surface area contributed by atoms with Crippen LogP contribution in [0, 0.1) is 6.92 Å². The molecular weight excluding hydrogens is 346 g/mol. The second-order valence-electron chi connectivity index (χ2n) is 4.64. The van der Waals surface area contributed by atoms with Crippen LogP contribution in [0.4, 0.5) is 8.78 Å². The maximum Gasteiger partial charge on any atom is 0.387 e. The highest BCUT2D eigenvalue weighted by atomic mass is 79.9. The first-order valence-electron chi connectivity index (χ1n) is 6.29. The van der Waals surface area contributed by atoms with Gasteiger partial charge in [-0.3, -0.25) is 4.68 Å². The number of aliphatic hydroxyl groups excluding tert-OH is 1. The van der Waals surface area contributed by atoms with Gasteiger partial charge in [0.1, 0.15) is 5.75 Å². The molecule has 114 valence electrons. The van der Waals surface area contributed by atoms with Gasteiger partial charge >= 0.3 is 6.61 Å². The maximum atomic E-state index is 12.1. The van der Waals surface area contributed by atoms with E-state index in [0.29, 0.717) is 12.0 Å². The number of alkyl halides is 2. The quantitative estimate of drug-likeness (QED) is 0.889. The number of hydrogen-bond acceptors (Lipinski definition) is 3. The molecule has 4 nitrogen and oxygen atoms in total. The smallest absolute Gasteiger partial charge is 0.387 e. The molecule has 1 aromatic heterocycles. The van der Waals surface area contributed by atoms with Gasteiger partial charge in [-0.2, -0.15) is 13.9 Å². The summed E-state index contributed by atoms with van der Waals surface area (Å²) in [4.78, 5) is 0. The number of benzene rings is 1. The van der Waals surface area contributed by atoms with Crippen molar-refractivity contribution in [3.05, 3.63) is 45.7 Å². The fourth-order valence-electron chi connectivity index (χ4n) is 2.07. The van der Waals surface area contributed by atoms with E-state index in [0.717, 1.165) is 15.9 Å². The number of aryl methyl sites for hydroxylation is 2. The SMILES string of the molecule is Cc1nn(C)c(CC(O)c2ccc(OC(F)F)cc2)c1Br. The molecule has 21 heavy (non-hydrogen) atoms. The highest BCUT2D eigenvalue weighted by Crippen LogP contribution is 2.27. The van der Waals surface area contributed by atoms with Crippen LogP contribution in [0.3, 0.4) is 0 Å². The van der Waals surface area contributed by atoms with Crippen LogP contribution in [0.1, 0.15) is 23.1 Å². The molecule has 1 unspecified atom stereocenters. The van der Waals surface area contributed by atoms with Gasteiger partial charge in [0.2, 0.25) is 0 Å². The Morgan fingerprint density at radius 1 is 1.33 bits per heavy atom. The van der Waals surface area contributed by atoms with Crippen molar-refractivity contribution in [2.45, 2.75) is 26.1 Å². The third-order valence-electron chi connectivity index (χ3n) is 3.14. The Morgan fingerprint density at radius 2 is 1.95 bits per heavy atom. The van der Waals surface area contributed by atoms with Gasteiger partial charge in [-0.25, -0.2) is 0 Å². The molecule has 1 heterocycles. The van der Waals surface area contributed by atoms with Gasteiger partial charge in [0.15, 0.2) is 0 Å². The summed E-state index contributed by atoms with van der Waals surface area (Å²) >= 11 is 3.44. The normalized spacial score (nSPS) is 12.7. The van der Waals surface area contributed by atoms with Crippen molar-refractivity contribution in [2.24, 2.45) is 7.05 Å². The standard InChI is InChI=1S/C14H15BrF2N2O2/c1-8-13(15)11(19(2)18-8)7-12(20)9-3-5-10(6-4-9)21-14(16)17/h3-6,12,14,20H,7H2,1-2H3. The zero-order valence-electron chi connectivity index (χ0n) is 11.6. The minimum absolute atomic E-state index is 0.0681. The Morgan fingerprint density at radius 3 is 2.43 bits per heavy atom. The highest BCUT2D eigenvalue weighted by molar-refractivity contribution is 9.10. The Bertz CT molecular complexity index is 614. The predicted molar refractivity (Wildman–Crippen MR) is 77.4 cm³/mol. The number of halogens is 3. The Kier molecular flexibility index (Phi) is 4.95. The van der Waals surface area contributed by atoms with Gasteiger partial charge in [0.25, 0.3) is 0 Å². The number of rotatable bonds is 5. The molecule has 2 rings (SSSR count). The van der Waals surface area contributed by atoms with E-state index in [-0.39, 0.29) is 5.75 Å². The summed E-state index contributed by atoms with van der Waals surface area (Å²) < 4.78 is 31.0. The molecule has 1 atom stereocenters. The summed E-state index contributed by atoms with van der Waals surface area (Å²) in [7, 11) is 1.80. The molecular formula is C14H15BrF2N2O2. The summed E-state index contributed by atoms with van der Waals surface area (Å²) in [5, 5.41) is 14.5. The van der Waals surface area contributed by atoms with Gasteiger partial charge in [0.05, 0.1) is 22.0 Å². The summed E-state index contributed by atoms with van der Waals surface area (Å²) in [6, 6.07) is 5.96. The Hall–Kier alpha value is -1.47. The first kappa shape index (κ1) is 15.9.